The number of hydrogen-bond acceptors (Lipinski definition) is 5. The van der Waals surface area contributed by atoms with E-state index in [0.717, 1.165) is 24.2 Å². The topological polar surface area (TPSA) is 92.8 Å². The van der Waals surface area contributed by atoms with Crippen LogP contribution in [0.2, 0.25) is 0 Å². The molecule has 1 N–H and O–H groups in total. The number of nitrogens with one attached hydrogen (secondary N) is 1. The summed E-state index contributed by atoms with van der Waals surface area (Å²) in [6, 6.07) is 4.17. The summed E-state index contributed by atoms with van der Waals surface area (Å²) in [6.07, 6.45) is 9.09. The Kier molecular flexibility index (Phi) is 6.59. The molecule has 7 nitrogen and oxygen atoms in total. The lowest BCUT2D eigenvalue weighted by Crippen LogP contribution is -2.30. The number of ether oxygens (including phenoxy) is 1. The van der Waals surface area contributed by atoms with Gasteiger partial charge in [-0.15, -0.1) is 6.58 Å². The summed E-state index contributed by atoms with van der Waals surface area (Å²) in [5, 5.41) is 2.74. The van der Waals surface area contributed by atoms with Crippen molar-refractivity contribution >= 4 is 23.7 Å². The molecule has 29 heavy (non-hydrogen) atoms. The van der Waals surface area contributed by atoms with Crippen LogP contribution < -0.4 is 5.32 Å². The third-order valence-corrected chi connectivity index (χ3v) is 5.01. The number of benzene rings is 1. The predicted octanol–water partition coefficient (Wildman–Crippen LogP) is 2.63. The smallest absolute Gasteiger partial charge is 0.338 e. The second-order valence-electron chi connectivity index (χ2n) is 7.05. The van der Waals surface area contributed by atoms with Crippen molar-refractivity contribution in [3.8, 4) is 0 Å². The Labute approximate surface area is 169 Å². The van der Waals surface area contributed by atoms with Gasteiger partial charge >= 0.3 is 5.97 Å². The van der Waals surface area contributed by atoms with E-state index in [4.69, 9.17) is 4.74 Å². The summed E-state index contributed by atoms with van der Waals surface area (Å²) in [5.41, 5.74) is 1.86. The van der Waals surface area contributed by atoms with Crippen LogP contribution in [-0.2, 0) is 9.53 Å². The first-order valence-corrected chi connectivity index (χ1v) is 9.74. The van der Waals surface area contributed by atoms with E-state index in [-0.39, 0.29) is 29.1 Å². The van der Waals surface area contributed by atoms with Crippen molar-refractivity contribution in [1.82, 2.24) is 10.2 Å². The minimum Gasteiger partial charge on any atom is -0.452 e. The van der Waals surface area contributed by atoms with Gasteiger partial charge in [0, 0.05) is 13.1 Å². The lowest BCUT2D eigenvalue weighted by atomic mass is 9.97. The fourth-order valence-electron chi connectivity index (χ4n) is 3.47. The molecule has 0 saturated carbocycles. The second kappa shape index (κ2) is 9.32. The zero-order valence-corrected chi connectivity index (χ0v) is 16.2. The molecule has 0 spiro atoms. The molecule has 1 aliphatic heterocycles. The van der Waals surface area contributed by atoms with Gasteiger partial charge in [-0.25, -0.2) is 4.79 Å². The Hall–Kier alpha value is -3.22. The SMILES string of the molecule is C=CCN1C(=O)c2ccc(C(=O)OCC(=O)NCCC3=CCCCC3)cc2C1=O. The van der Waals surface area contributed by atoms with Crippen LogP contribution in [0.4, 0.5) is 0 Å². The van der Waals surface area contributed by atoms with Crippen LogP contribution in [0.25, 0.3) is 0 Å². The fraction of sp³-hybridized carbons (Fsp3) is 0.364. The molecule has 0 fully saturated rings. The first kappa shape index (κ1) is 20.5. The van der Waals surface area contributed by atoms with Crippen molar-refractivity contribution in [3.05, 3.63) is 59.2 Å². The van der Waals surface area contributed by atoms with Crippen molar-refractivity contribution in [2.45, 2.75) is 32.1 Å². The van der Waals surface area contributed by atoms with Crippen LogP contribution in [-0.4, -0.2) is 48.3 Å². The zero-order chi connectivity index (χ0) is 20.8. The lowest BCUT2D eigenvalue weighted by molar-refractivity contribution is -0.124. The summed E-state index contributed by atoms with van der Waals surface area (Å²) in [6.45, 7) is 3.74. The van der Waals surface area contributed by atoms with Gasteiger partial charge in [0.05, 0.1) is 16.7 Å². The average molecular weight is 396 g/mol. The Morgan fingerprint density at radius 3 is 2.69 bits per heavy atom. The molecular weight excluding hydrogens is 372 g/mol. The molecular formula is C22H24N2O5. The van der Waals surface area contributed by atoms with Crippen LogP contribution in [0.1, 0.15) is 63.2 Å². The van der Waals surface area contributed by atoms with Crippen molar-refractivity contribution < 1.29 is 23.9 Å². The third-order valence-electron chi connectivity index (χ3n) is 5.01. The fourth-order valence-corrected chi connectivity index (χ4v) is 3.47. The normalized spacial score (nSPS) is 15.6. The minimum absolute atomic E-state index is 0.100. The van der Waals surface area contributed by atoms with E-state index in [0.29, 0.717) is 6.54 Å². The standard InChI is InChI=1S/C22H24N2O5/c1-2-12-24-20(26)17-9-8-16(13-18(17)21(24)27)22(28)29-14-19(25)23-11-10-15-6-4-3-5-7-15/h2,6,8-9,13H,1,3-5,7,10-12,14H2,(H,23,25). The summed E-state index contributed by atoms with van der Waals surface area (Å²) in [4.78, 5) is 49.7. The van der Waals surface area contributed by atoms with E-state index in [2.05, 4.69) is 18.0 Å². The maximum absolute atomic E-state index is 12.3. The average Bonchev–Trinajstić information content (AvgIpc) is 2.97. The molecule has 1 heterocycles. The second-order valence-corrected chi connectivity index (χ2v) is 7.05. The molecule has 7 heteroatoms. The van der Waals surface area contributed by atoms with Gasteiger partial charge in [0.2, 0.25) is 0 Å². The molecule has 3 amide bonds. The van der Waals surface area contributed by atoms with E-state index >= 15 is 0 Å². The Morgan fingerprint density at radius 1 is 1.17 bits per heavy atom. The Balaban J connectivity index is 1.51. The molecule has 0 radical (unpaired) electrons. The summed E-state index contributed by atoms with van der Waals surface area (Å²) < 4.78 is 5.04. The van der Waals surface area contributed by atoms with Gasteiger partial charge < -0.3 is 10.1 Å². The molecule has 2 aliphatic rings. The number of rotatable bonds is 8. The highest BCUT2D eigenvalue weighted by Gasteiger charge is 2.35. The number of esters is 1. The van der Waals surface area contributed by atoms with Crippen LogP contribution in [0.15, 0.2) is 42.5 Å². The third kappa shape index (κ3) is 4.80. The predicted molar refractivity (Wildman–Crippen MR) is 106 cm³/mol. The first-order chi connectivity index (χ1) is 14.0. The van der Waals surface area contributed by atoms with Gasteiger partial charge in [0.1, 0.15) is 0 Å². The van der Waals surface area contributed by atoms with Gasteiger partial charge in [0.15, 0.2) is 6.61 Å². The number of carbonyl (C=O) groups is 4. The van der Waals surface area contributed by atoms with Gasteiger partial charge in [-0.2, -0.15) is 0 Å². The highest BCUT2D eigenvalue weighted by molar-refractivity contribution is 6.22. The Morgan fingerprint density at radius 2 is 1.97 bits per heavy atom. The molecule has 1 aliphatic carbocycles. The minimum atomic E-state index is -0.722. The van der Waals surface area contributed by atoms with E-state index in [1.165, 1.54) is 42.7 Å². The van der Waals surface area contributed by atoms with Gasteiger partial charge in [0.25, 0.3) is 17.7 Å². The van der Waals surface area contributed by atoms with Crippen molar-refractivity contribution in [1.29, 1.82) is 0 Å². The van der Waals surface area contributed by atoms with E-state index < -0.39 is 24.4 Å². The largest absolute Gasteiger partial charge is 0.452 e. The molecule has 0 saturated heterocycles. The molecule has 1 aromatic rings. The number of imide groups is 1. The monoisotopic (exact) mass is 396 g/mol. The maximum Gasteiger partial charge on any atom is 0.338 e. The Bertz CT molecular complexity index is 887. The number of nitrogens with zero attached hydrogens (tertiary/aromatic N) is 1. The molecule has 1 aromatic carbocycles. The number of carbonyl (C=O) groups excluding carboxylic acids is 4. The van der Waals surface area contributed by atoms with Gasteiger partial charge in [-0.3, -0.25) is 19.3 Å². The summed E-state index contributed by atoms with van der Waals surface area (Å²) in [7, 11) is 0. The summed E-state index contributed by atoms with van der Waals surface area (Å²) >= 11 is 0. The van der Waals surface area contributed by atoms with Crippen molar-refractivity contribution in [2.24, 2.45) is 0 Å². The van der Waals surface area contributed by atoms with Crippen LogP contribution in [0, 0.1) is 0 Å². The molecule has 0 aromatic heterocycles. The van der Waals surface area contributed by atoms with E-state index in [9.17, 15) is 19.2 Å². The zero-order valence-electron chi connectivity index (χ0n) is 16.2. The van der Waals surface area contributed by atoms with Crippen LogP contribution in [0.5, 0.6) is 0 Å². The lowest BCUT2D eigenvalue weighted by Gasteiger charge is -2.13. The molecule has 3 rings (SSSR count). The van der Waals surface area contributed by atoms with Crippen LogP contribution >= 0.6 is 0 Å². The molecule has 0 bridgehead atoms. The van der Waals surface area contributed by atoms with Gasteiger partial charge in [-0.05, 0) is 50.3 Å². The molecule has 0 atom stereocenters. The number of amides is 3. The highest BCUT2D eigenvalue weighted by Crippen LogP contribution is 2.24. The maximum atomic E-state index is 12.3. The van der Waals surface area contributed by atoms with Crippen molar-refractivity contribution in [2.75, 3.05) is 19.7 Å². The van der Waals surface area contributed by atoms with E-state index in [1.807, 2.05) is 0 Å². The van der Waals surface area contributed by atoms with Crippen molar-refractivity contribution in [3.63, 3.8) is 0 Å². The van der Waals surface area contributed by atoms with E-state index in [1.54, 1.807) is 0 Å². The number of allylic oxidation sites excluding steroid dienone is 1. The highest BCUT2D eigenvalue weighted by atomic mass is 16.5. The first-order valence-electron chi connectivity index (χ1n) is 9.74. The number of fused-ring (bicyclic) bond motifs is 1. The summed E-state index contributed by atoms with van der Waals surface area (Å²) in [5.74, 6) is -1.99. The molecule has 0 unspecified atom stereocenters. The quantitative estimate of drug-likeness (QED) is 0.414. The van der Waals surface area contributed by atoms with Gasteiger partial charge in [-0.1, -0.05) is 17.7 Å². The van der Waals surface area contributed by atoms with Crippen LogP contribution in [0.3, 0.4) is 0 Å². The number of hydrogen-bond donors (Lipinski definition) is 1. The molecule has 152 valence electrons.